The number of oxazole rings is 1. The van der Waals surface area contributed by atoms with Gasteiger partial charge in [-0.05, 0) is 60.4 Å². The van der Waals surface area contributed by atoms with Crippen molar-refractivity contribution < 1.29 is 17.2 Å². The Balaban J connectivity index is 1.50. The Morgan fingerprint density at radius 1 is 0.967 bits per heavy atom. The molecule has 0 saturated carbocycles. The molecule has 5 nitrogen and oxygen atoms in total. The molecule has 0 radical (unpaired) electrons. The third-order valence-corrected chi connectivity index (χ3v) is 7.34. The number of halogens is 1. The summed E-state index contributed by atoms with van der Waals surface area (Å²) >= 11 is 0. The largest absolute Gasteiger partial charge is 0.439 e. The lowest BCUT2D eigenvalue weighted by Crippen LogP contribution is -2.30. The molecule has 1 saturated heterocycles. The highest BCUT2D eigenvalue weighted by atomic mass is 32.2. The van der Waals surface area contributed by atoms with Crippen LogP contribution < -0.4 is 0 Å². The van der Waals surface area contributed by atoms with Gasteiger partial charge in [-0.15, -0.1) is 0 Å². The van der Waals surface area contributed by atoms with Crippen molar-refractivity contribution in [3.8, 4) is 11.1 Å². The van der Waals surface area contributed by atoms with Gasteiger partial charge in [0, 0.05) is 6.54 Å². The number of hydrogen-bond donors (Lipinski definition) is 0. The topological polar surface area (TPSA) is 63.4 Å². The Bertz CT molecular complexity index is 1300. The van der Waals surface area contributed by atoms with Crippen LogP contribution in [0.15, 0.2) is 82.1 Å². The van der Waals surface area contributed by atoms with Crippen LogP contribution in [-0.4, -0.2) is 24.3 Å². The maximum atomic E-state index is 13.2. The van der Waals surface area contributed by atoms with Crippen molar-refractivity contribution in [3.05, 3.63) is 84.5 Å². The molecular formula is C23H19FN2O3S. The predicted octanol–water partition coefficient (Wildman–Crippen LogP) is 5.16. The van der Waals surface area contributed by atoms with Crippen molar-refractivity contribution in [2.24, 2.45) is 0 Å². The highest BCUT2D eigenvalue weighted by Gasteiger charge is 2.39. The molecule has 2 heterocycles. The van der Waals surface area contributed by atoms with Crippen LogP contribution in [0.3, 0.4) is 0 Å². The van der Waals surface area contributed by atoms with Gasteiger partial charge in [-0.25, -0.2) is 17.8 Å². The fraction of sp³-hybridized carbons (Fsp3) is 0.174. The monoisotopic (exact) mass is 422 g/mol. The van der Waals surface area contributed by atoms with Gasteiger partial charge >= 0.3 is 0 Å². The van der Waals surface area contributed by atoms with E-state index >= 15 is 0 Å². The summed E-state index contributed by atoms with van der Waals surface area (Å²) in [5.74, 6) is -0.0847. The van der Waals surface area contributed by atoms with E-state index in [1.165, 1.54) is 16.4 Å². The molecule has 0 spiro atoms. The van der Waals surface area contributed by atoms with E-state index in [2.05, 4.69) is 4.98 Å². The Labute approximate surface area is 173 Å². The molecule has 7 heteroatoms. The van der Waals surface area contributed by atoms with Gasteiger partial charge in [-0.3, -0.25) is 0 Å². The third kappa shape index (κ3) is 3.30. The van der Waals surface area contributed by atoms with Gasteiger partial charge in [0.25, 0.3) is 0 Å². The van der Waals surface area contributed by atoms with Crippen molar-refractivity contribution in [1.82, 2.24) is 9.29 Å². The average Bonchev–Trinajstić information content (AvgIpc) is 3.41. The zero-order valence-electron chi connectivity index (χ0n) is 16.0. The van der Waals surface area contributed by atoms with E-state index in [9.17, 15) is 12.8 Å². The number of fused-ring (bicyclic) bond motifs is 1. The molecule has 1 aromatic heterocycles. The molecule has 5 rings (SSSR count). The molecule has 152 valence electrons. The third-order valence-electron chi connectivity index (χ3n) is 5.42. The highest BCUT2D eigenvalue weighted by molar-refractivity contribution is 7.89. The standard InChI is InChI=1S/C23H19FN2O3S/c24-18-9-11-19(12-10-18)30(27,28)26-14-4-7-21(26)23-25-20-15-17(8-13-22(20)29-23)16-5-2-1-3-6-16/h1-3,5-6,8-13,15,21H,4,7,14H2/t21-/m0/s1. The van der Waals surface area contributed by atoms with Gasteiger partial charge in [0.15, 0.2) is 5.58 Å². The number of aromatic nitrogens is 1. The SMILES string of the molecule is O=S(=O)(c1ccc(F)cc1)N1CCC[C@H]1c1nc2cc(-c3ccccc3)ccc2o1. The van der Waals surface area contributed by atoms with Crippen LogP contribution in [0.2, 0.25) is 0 Å². The van der Waals surface area contributed by atoms with E-state index < -0.39 is 21.9 Å². The fourth-order valence-corrected chi connectivity index (χ4v) is 5.57. The van der Waals surface area contributed by atoms with Crippen molar-refractivity contribution in [1.29, 1.82) is 0 Å². The average molecular weight is 422 g/mol. The number of hydrogen-bond acceptors (Lipinski definition) is 4. The molecule has 0 N–H and O–H groups in total. The highest BCUT2D eigenvalue weighted by Crippen LogP contribution is 2.37. The summed E-state index contributed by atoms with van der Waals surface area (Å²) in [6, 6.07) is 20.2. The van der Waals surface area contributed by atoms with E-state index in [0.29, 0.717) is 36.4 Å². The van der Waals surface area contributed by atoms with E-state index in [0.717, 1.165) is 23.3 Å². The van der Waals surface area contributed by atoms with Crippen LogP contribution in [0.25, 0.3) is 22.2 Å². The van der Waals surface area contributed by atoms with Crippen molar-refractivity contribution in [3.63, 3.8) is 0 Å². The maximum Gasteiger partial charge on any atom is 0.243 e. The number of benzene rings is 3. The van der Waals surface area contributed by atoms with Crippen LogP contribution in [0.5, 0.6) is 0 Å². The van der Waals surface area contributed by atoms with Crippen molar-refractivity contribution in [2.45, 2.75) is 23.8 Å². The van der Waals surface area contributed by atoms with Crippen LogP contribution in [0.1, 0.15) is 24.8 Å². The molecule has 30 heavy (non-hydrogen) atoms. The summed E-state index contributed by atoms with van der Waals surface area (Å²) in [5, 5.41) is 0. The summed E-state index contributed by atoms with van der Waals surface area (Å²) in [6.07, 6.45) is 1.33. The fourth-order valence-electron chi connectivity index (χ4n) is 3.91. The van der Waals surface area contributed by atoms with Crippen LogP contribution in [0, 0.1) is 5.82 Å². The maximum absolute atomic E-state index is 13.2. The normalized spacial score (nSPS) is 17.6. The summed E-state index contributed by atoms with van der Waals surface area (Å²) in [4.78, 5) is 4.69. The lowest BCUT2D eigenvalue weighted by atomic mass is 10.1. The first-order valence-corrected chi connectivity index (χ1v) is 11.2. The molecule has 4 aromatic rings. The Hall–Kier alpha value is -3.03. The summed E-state index contributed by atoms with van der Waals surface area (Å²) in [7, 11) is -3.77. The summed E-state index contributed by atoms with van der Waals surface area (Å²) < 4.78 is 46.8. The van der Waals surface area contributed by atoms with E-state index in [1.807, 2.05) is 48.5 Å². The minimum Gasteiger partial charge on any atom is -0.439 e. The number of sulfonamides is 1. The number of nitrogens with zero attached hydrogens (tertiary/aromatic N) is 2. The molecule has 1 fully saturated rings. The van der Waals surface area contributed by atoms with Crippen LogP contribution in [-0.2, 0) is 10.0 Å². The molecule has 0 bridgehead atoms. The zero-order chi connectivity index (χ0) is 20.7. The van der Waals surface area contributed by atoms with Gasteiger partial charge in [-0.1, -0.05) is 36.4 Å². The molecule has 0 amide bonds. The summed E-state index contributed by atoms with van der Waals surface area (Å²) in [5.41, 5.74) is 3.41. The van der Waals surface area contributed by atoms with Gasteiger partial charge in [-0.2, -0.15) is 4.31 Å². The van der Waals surface area contributed by atoms with Gasteiger partial charge in [0.05, 0.1) is 4.90 Å². The number of rotatable bonds is 4. The second kappa shape index (κ2) is 7.34. The first-order chi connectivity index (χ1) is 14.5. The molecule has 1 atom stereocenters. The van der Waals surface area contributed by atoms with Crippen molar-refractivity contribution >= 4 is 21.1 Å². The summed E-state index contributed by atoms with van der Waals surface area (Å²) in [6.45, 7) is 0.373. The van der Waals surface area contributed by atoms with Gasteiger partial charge < -0.3 is 4.42 Å². The molecule has 1 aliphatic heterocycles. The van der Waals surface area contributed by atoms with E-state index in [4.69, 9.17) is 4.42 Å². The predicted molar refractivity (Wildman–Crippen MR) is 112 cm³/mol. The van der Waals surface area contributed by atoms with Gasteiger partial charge in [0.1, 0.15) is 17.4 Å². The van der Waals surface area contributed by atoms with Crippen molar-refractivity contribution in [2.75, 3.05) is 6.54 Å². The molecule has 1 aliphatic rings. The second-order valence-corrected chi connectivity index (χ2v) is 9.22. The second-order valence-electron chi connectivity index (χ2n) is 7.33. The molecular weight excluding hydrogens is 403 g/mol. The lowest BCUT2D eigenvalue weighted by Gasteiger charge is -2.21. The quantitative estimate of drug-likeness (QED) is 0.456. The molecule has 3 aromatic carbocycles. The minimum atomic E-state index is -3.77. The smallest absolute Gasteiger partial charge is 0.243 e. The van der Waals surface area contributed by atoms with Crippen LogP contribution >= 0.6 is 0 Å². The van der Waals surface area contributed by atoms with Gasteiger partial charge in [0.2, 0.25) is 15.9 Å². The van der Waals surface area contributed by atoms with E-state index in [1.54, 1.807) is 0 Å². The zero-order valence-corrected chi connectivity index (χ0v) is 16.8. The van der Waals surface area contributed by atoms with E-state index in [-0.39, 0.29) is 4.90 Å². The van der Waals surface area contributed by atoms with Crippen LogP contribution in [0.4, 0.5) is 4.39 Å². The molecule has 0 unspecified atom stereocenters. The Morgan fingerprint density at radius 2 is 1.73 bits per heavy atom. The minimum absolute atomic E-state index is 0.0678. The first kappa shape index (κ1) is 19.0. The Morgan fingerprint density at radius 3 is 2.50 bits per heavy atom. The first-order valence-electron chi connectivity index (χ1n) is 9.76. The lowest BCUT2D eigenvalue weighted by molar-refractivity contribution is 0.337. The molecule has 0 aliphatic carbocycles. The Kier molecular flexibility index (Phi) is 4.64.